The van der Waals surface area contributed by atoms with Crippen molar-refractivity contribution in [2.75, 3.05) is 0 Å². The van der Waals surface area contributed by atoms with E-state index in [1.54, 1.807) is 20.1 Å². The van der Waals surface area contributed by atoms with Gasteiger partial charge in [0.15, 0.2) is 5.60 Å². The number of hydrogen-bond donors (Lipinski definition) is 1. The van der Waals surface area contributed by atoms with Gasteiger partial charge in [-0.2, -0.15) is 5.10 Å². The molecule has 4 aromatic rings. The summed E-state index contributed by atoms with van der Waals surface area (Å²) in [6.45, 7) is 11.1. The Morgan fingerprint density at radius 2 is 1.72 bits per heavy atom. The normalized spacial score (nSPS) is 11.7. The van der Waals surface area contributed by atoms with Crippen LogP contribution < -0.4 is 4.74 Å². The smallest absolute Gasteiger partial charge is 0.347 e. The van der Waals surface area contributed by atoms with Gasteiger partial charge in [0, 0.05) is 24.8 Å². The van der Waals surface area contributed by atoms with Crippen LogP contribution in [0.1, 0.15) is 47.6 Å². The molecule has 0 aliphatic carbocycles. The lowest BCUT2D eigenvalue weighted by atomic mass is 10.0. The van der Waals surface area contributed by atoms with E-state index in [9.17, 15) is 9.90 Å². The molecule has 0 amide bonds. The van der Waals surface area contributed by atoms with Crippen LogP contribution in [0.15, 0.2) is 71.5 Å². The van der Waals surface area contributed by atoms with E-state index in [-0.39, 0.29) is 0 Å². The second-order valence-corrected chi connectivity index (χ2v) is 9.72. The minimum atomic E-state index is -1.31. The monoisotopic (exact) mass is 487 g/mol. The van der Waals surface area contributed by atoms with E-state index in [4.69, 9.17) is 14.3 Å². The van der Waals surface area contributed by atoms with Crippen molar-refractivity contribution in [2.24, 2.45) is 0 Å². The van der Waals surface area contributed by atoms with Gasteiger partial charge in [0.25, 0.3) is 0 Å². The van der Waals surface area contributed by atoms with Crippen LogP contribution in [0.5, 0.6) is 5.75 Å². The maximum absolute atomic E-state index is 11.6. The molecule has 188 valence electrons. The summed E-state index contributed by atoms with van der Waals surface area (Å²) >= 11 is 0. The molecule has 0 fully saturated rings. The lowest BCUT2D eigenvalue weighted by Crippen LogP contribution is -2.38. The number of hydrogen-bond acceptors (Lipinski definition) is 5. The molecule has 0 atom stereocenters. The first-order chi connectivity index (χ1) is 17.1. The van der Waals surface area contributed by atoms with Gasteiger partial charge in [-0.3, -0.25) is 4.90 Å². The van der Waals surface area contributed by atoms with Gasteiger partial charge in [-0.05, 0) is 75.6 Å². The summed E-state index contributed by atoms with van der Waals surface area (Å²) in [6.07, 6.45) is 3.78. The molecule has 36 heavy (non-hydrogen) atoms. The first kappa shape index (κ1) is 25.3. The Bertz CT molecular complexity index is 1300. The Morgan fingerprint density at radius 1 is 1.03 bits per heavy atom. The number of para-hydroxylation sites is 1. The molecule has 2 aromatic heterocycles. The van der Waals surface area contributed by atoms with Gasteiger partial charge < -0.3 is 14.3 Å². The fourth-order valence-corrected chi connectivity index (χ4v) is 4.24. The number of ether oxygens (including phenoxy) is 1. The zero-order valence-electron chi connectivity index (χ0n) is 21.5. The fraction of sp³-hybridized carbons (Fsp3) is 0.310. The molecule has 0 unspecified atom stereocenters. The number of carboxylic acids is 1. The van der Waals surface area contributed by atoms with Crippen LogP contribution >= 0.6 is 0 Å². The standard InChI is InChI=1S/C29H33N3O4/c1-20-14-23(15-21(2)27(20)36-29(4,5)28(33)34)16-31(19-26-12-9-13-35-26)17-24-18-32(30-22(24)3)25-10-7-6-8-11-25/h6-15,18H,16-17,19H2,1-5H3,(H,33,34). The van der Waals surface area contributed by atoms with Crippen molar-refractivity contribution in [3.8, 4) is 11.4 Å². The van der Waals surface area contributed by atoms with Gasteiger partial charge in [-0.1, -0.05) is 30.3 Å². The molecule has 1 N–H and O–H groups in total. The first-order valence-corrected chi connectivity index (χ1v) is 12.0. The molecule has 0 bridgehead atoms. The SMILES string of the molecule is Cc1cc(CN(Cc2ccco2)Cc2cn(-c3ccccc3)nc2C)cc(C)c1OC(C)(C)C(=O)O. The number of aliphatic carboxylic acids is 1. The first-order valence-electron chi connectivity index (χ1n) is 12.0. The Kier molecular flexibility index (Phi) is 7.31. The van der Waals surface area contributed by atoms with Crippen LogP contribution in [0.3, 0.4) is 0 Å². The number of carbonyl (C=O) groups is 1. The van der Waals surface area contributed by atoms with Crippen LogP contribution in [0.2, 0.25) is 0 Å². The second kappa shape index (κ2) is 10.4. The molecule has 0 radical (unpaired) electrons. The van der Waals surface area contributed by atoms with E-state index < -0.39 is 11.6 Å². The predicted molar refractivity (Wildman–Crippen MR) is 138 cm³/mol. The van der Waals surface area contributed by atoms with Gasteiger partial charge in [0.2, 0.25) is 0 Å². The van der Waals surface area contributed by atoms with Crippen molar-refractivity contribution in [3.63, 3.8) is 0 Å². The number of nitrogens with zero attached hydrogens (tertiary/aromatic N) is 3. The van der Waals surface area contributed by atoms with Gasteiger partial charge in [0.05, 0.1) is 24.2 Å². The summed E-state index contributed by atoms with van der Waals surface area (Å²) in [5, 5.41) is 14.2. The molecule has 4 rings (SSSR count). The average Bonchev–Trinajstić information content (AvgIpc) is 3.46. The molecule has 2 heterocycles. The van der Waals surface area contributed by atoms with Crippen molar-refractivity contribution in [3.05, 3.63) is 101 Å². The summed E-state index contributed by atoms with van der Waals surface area (Å²) < 4.78 is 13.5. The van der Waals surface area contributed by atoms with Crippen molar-refractivity contribution >= 4 is 5.97 Å². The lowest BCUT2D eigenvalue weighted by Gasteiger charge is -2.26. The molecular formula is C29H33N3O4. The highest BCUT2D eigenvalue weighted by atomic mass is 16.5. The number of carboxylic acid groups (broad SMARTS) is 1. The Balaban J connectivity index is 1.59. The van der Waals surface area contributed by atoms with Crippen LogP contribution in [0.25, 0.3) is 5.69 Å². The highest BCUT2D eigenvalue weighted by molar-refractivity contribution is 5.77. The molecule has 7 heteroatoms. The van der Waals surface area contributed by atoms with Crippen molar-refractivity contribution < 1.29 is 19.1 Å². The van der Waals surface area contributed by atoms with Crippen LogP contribution in [0.4, 0.5) is 0 Å². The number of furan rings is 1. The number of rotatable bonds is 10. The highest BCUT2D eigenvalue weighted by Crippen LogP contribution is 2.30. The summed E-state index contributed by atoms with van der Waals surface area (Å²) in [4.78, 5) is 13.9. The number of aromatic nitrogens is 2. The second-order valence-electron chi connectivity index (χ2n) is 9.72. The largest absolute Gasteiger partial charge is 0.478 e. The van der Waals surface area contributed by atoms with E-state index in [2.05, 4.69) is 23.2 Å². The van der Waals surface area contributed by atoms with Crippen LogP contribution in [0, 0.1) is 20.8 Å². The minimum absolute atomic E-state index is 0.615. The van der Waals surface area contributed by atoms with Crippen LogP contribution in [-0.4, -0.2) is 31.4 Å². The predicted octanol–water partition coefficient (Wildman–Crippen LogP) is 5.83. The van der Waals surface area contributed by atoms with Gasteiger partial charge >= 0.3 is 5.97 Å². The molecule has 0 spiro atoms. The van der Waals surface area contributed by atoms with E-state index in [0.29, 0.717) is 25.4 Å². The van der Waals surface area contributed by atoms with Crippen molar-refractivity contribution in [1.82, 2.24) is 14.7 Å². The summed E-state index contributed by atoms with van der Waals surface area (Å²) in [6, 6.07) is 18.1. The van der Waals surface area contributed by atoms with Crippen LogP contribution in [-0.2, 0) is 24.4 Å². The number of benzene rings is 2. The Hall–Kier alpha value is -3.84. The summed E-state index contributed by atoms with van der Waals surface area (Å²) in [5.74, 6) is 0.504. The summed E-state index contributed by atoms with van der Waals surface area (Å²) in [5.41, 5.74) is 4.77. The lowest BCUT2D eigenvalue weighted by molar-refractivity contribution is -0.152. The highest BCUT2D eigenvalue weighted by Gasteiger charge is 2.30. The third-order valence-electron chi connectivity index (χ3n) is 6.17. The third-order valence-corrected chi connectivity index (χ3v) is 6.17. The maximum atomic E-state index is 11.6. The molecule has 0 aliphatic rings. The molecule has 0 saturated carbocycles. The third kappa shape index (κ3) is 5.86. The molecule has 0 saturated heterocycles. The molecular weight excluding hydrogens is 454 g/mol. The Labute approximate surface area is 211 Å². The van der Waals surface area contributed by atoms with Crippen molar-refractivity contribution in [1.29, 1.82) is 0 Å². The maximum Gasteiger partial charge on any atom is 0.347 e. The topological polar surface area (TPSA) is 80.7 Å². The van der Waals surface area contributed by atoms with Gasteiger partial charge in [-0.25, -0.2) is 9.48 Å². The number of aryl methyl sites for hydroxylation is 3. The quantitative estimate of drug-likeness (QED) is 0.303. The van der Waals surface area contributed by atoms with E-state index >= 15 is 0 Å². The van der Waals surface area contributed by atoms with E-state index in [1.165, 1.54) is 0 Å². The van der Waals surface area contributed by atoms with E-state index in [0.717, 1.165) is 39.4 Å². The van der Waals surface area contributed by atoms with Gasteiger partial charge in [-0.15, -0.1) is 0 Å². The Morgan fingerprint density at radius 3 is 2.33 bits per heavy atom. The minimum Gasteiger partial charge on any atom is -0.478 e. The van der Waals surface area contributed by atoms with Crippen molar-refractivity contribution in [2.45, 2.75) is 59.9 Å². The fourth-order valence-electron chi connectivity index (χ4n) is 4.24. The molecule has 2 aromatic carbocycles. The average molecular weight is 488 g/mol. The molecule has 0 aliphatic heterocycles. The van der Waals surface area contributed by atoms with Gasteiger partial charge in [0.1, 0.15) is 11.5 Å². The zero-order valence-corrected chi connectivity index (χ0v) is 21.5. The van der Waals surface area contributed by atoms with E-state index in [1.807, 2.05) is 67.9 Å². The summed E-state index contributed by atoms with van der Waals surface area (Å²) in [7, 11) is 0. The zero-order chi connectivity index (χ0) is 25.9. The molecule has 7 nitrogen and oxygen atoms in total.